The first-order valence-corrected chi connectivity index (χ1v) is 7.79. The lowest BCUT2D eigenvalue weighted by atomic mass is 10.1. The summed E-state index contributed by atoms with van der Waals surface area (Å²) in [5.74, 6) is 0.223. The minimum absolute atomic E-state index is 0.223. The first-order valence-electron chi connectivity index (χ1n) is 7.79. The maximum Gasteiger partial charge on any atom is 0.139 e. The fraction of sp³-hybridized carbons (Fsp3) is 0.421. The van der Waals surface area contributed by atoms with Crippen LogP contribution in [-0.4, -0.2) is 11.3 Å². The summed E-state index contributed by atoms with van der Waals surface area (Å²) in [5, 5.41) is 12.9. The molecule has 0 amide bonds. The molecule has 2 N–H and O–H groups in total. The van der Waals surface area contributed by atoms with Crippen molar-refractivity contribution >= 4 is 11.9 Å². The third-order valence-corrected chi connectivity index (χ3v) is 3.26. The van der Waals surface area contributed by atoms with E-state index in [0.29, 0.717) is 5.69 Å². The summed E-state index contributed by atoms with van der Waals surface area (Å²) in [4.78, 5) is 4.22. The number of hydrogen-bond acceptors (Lipinski definition) is 3. The smallest absolute Gasteiger partial charge is 0.139 e. The molecule has 0 unspecified atom stereocenters. The lowest BCUT2D eigenvalue weighted by Gasteiger charge is -2.13. The normalized spacial score (nSPS) is 11.5. The molecule has 0 saturated carbocycles. The van der Waals surface area contributed by atoms with E-state index in [0.717, 1.165) is 22.5 Å². The van der Waals surface area contributed by atoms with Crippen LogP contribution in [0.5, 0.6) is 5.75 Å². The average Bonchev–Trinajstić information content (AvgIpc) is 2.49. The van der Waals surface area contributed by atoms with E-state index in [1.165, 1.54) is 12.8 Å². The fourth-order valence-corrected chi connectivity index (χ4v) is 1.51. The maximum atomic E-state index is 9.81. The van der Waals surface area contributed by atoms with E-state index in [1.807, 2.05) is 39.8 Å². The quantitative estimate of drug-likeness (QED) is 0.409. The van der Waals surface area contributed by atoms with Crippen molar-refractivity contribution in [1.82, 2.24) is 0 Å². The zero-order valence-electron chi connectivity index (χ0n) is 14.8. The number of aryl methyl sites for hydroxylation is 1. The number of hydrogen-bond donors (Lipinski definition) is 2. The summed E-state index contributed by atoms with van der Waals surface area (Å²) in [6, 6.07) is 5.48. The van der Waals surface area contributed by atoms with Gasteiger partial charge in [-0.1, -0.05) is 39.3 Å². The summed E-state index contributed by atoms with van der Waals surface area (Å²) < 4.78 is 0. The van der Waals surface area contributed by atoms with Gasteiger partial charge in [0.1, 0.15) is 5.75 Å². The third-order valence-electron chi connectivity index (χ3n) is 3.26. The monoisotopic (exact) mass is 302 g/mol. The molecule has 1 aromatic rings. The number of allylic oxidation sites excluding steroid dienone is 2. The first kappa shape index (κ1) is 20.0. The van der Waals surface area contributed by atoms with Gasteiger partial charge in [0.25, 0.3) is 0 Å². The van der Waals surface area contributed by atoms with Crippen LogP contribution in [0.1, 0.15) is 53.0 Å². The Morgan fingerprint density at radius 2 is 1.86 bits per heavy atom. The minimum atomic E-state index is 0.223. The molecule has 0 heterocycles. The number of nitrogens with one attached hydrogen (secondary N) is 1. The van der Waals surface area contributed by atoms with Gasteiger partial charge >= 0.3 is 0 Å². The topological polar surface area (TPSA) is 44.6 Å². The number of nitrogens with zero attached hydrogens (tertiary/aromatic N) is 1. The van der Waals surface area contributed by atoms with Gasteiger partial charge in [-0.3, -0.25) is 4.99 Å². The fourth-order valence-electron chi connectivity index (χ4n) is 1.51. The van der Waals surface area contributed by atoms with Crippen molar-refractivity contribution in [2.75, 3.05) is 5.32 Å². The highest BCUT2D eigenvalue weighted by atomic mass is 16.3. The number of aliphatic imine (C=N–C) groups is 1. The van der Waals surface area contributed by atoms with E-state index in [4.69, 9.17) is 0 Å². The zero-order valence-corrected chi connectivity index (χ0v) is 14.8. The zero-order chi connectivity index (χ0) is 17.1. The number of aromatic hydroxyl groups is 1. The number of unbranched alkanes of at least 4 members (excludes halogenated alkanes) is 1. The Kier molecular flexibility index (Phi) is 9.68. The van der Waals surface area contributed by atoms with Gasteiger partial charge in [-0.25, -0.2) is 0 Å². The highest BCUT2D eigenvalue weighted by Crippen LogP contribution is 2.26. The van der Waals surface area contributed by atoms with E-state index < -0.39 is 0 Å². The Labute approximate surface area is 135 Å². The van der Waals surface area contributed by atoms with Crippen LogP contribution in [0.3, 0.4) is 0 Å². The molecule has 0 bridgehead atoms. The molecular formula is C19H30N2O. The van der Waals surface area contributed by atoms with Gasteiger partial charge in [-0.15, -0.1) is 0 Å². The van der Waals surface area contributed by atoms with Crippen LogP contribution in [0.15, 0.2) is 46.7 Å². The summed E-state index contributed by atoms with van der Waals surface area (Å²) in [6.07, 6.45) is 4.38. The largest absolute Gasteiger partial charge is 0.506 e. The molecule has 0 aliphatic heterocycles. The lowest BCUT2D eigenvalue weighted by Crippen LogP contribution is -2.01. The van der Waals surface area contributed by atoms with Crippen LogP contribution in [0.4, 0.5) is 5.69 Å². The standard InChI is InChI=1S/C15H20N2O.C4H10/c1-6-16-12(4)11(3)13(5)17-14-8-7-10(2)9-15(14)18;1-3-4-2/h6-9,17-18H,5H2,1-4H3;3-4H2,1-2H3/b12-11-,16-6?;. The Balaban J connectivity index is 0.000000980. The summed E-state index contributed by atoms with van der Waals surface area (Å²) >= 11 is 0. The van der Waals surface area contributed by atoms with E-state index in [2.05, 4.69) is 30.7 Å². The number of phenolic OH excluding ortho intramolecular Hbond substituents is 1. The second-order valence-corrected chi connectivity index (χ2v) is 5.22. The molecule has 3 nitrogen and oxygen atoms in total. The van der Waals surface area contributed by atoms with Crippen LogP contribution in [0.25, 0.3) is 0 Å². The number of phenols is 1. The molecule has 0 fully saturated rings. The van der Waals surface area contributed by atoms with Crippen LogP contribution in [-0.2, 0) is 0 Å². The average molecular weight is 302 g/mol. The predicted molar refractivity (Wildman–Crippen MR) is 98.7 cm³/mol. The molecule has 1 aromatic carbocycles. The molecule has 22 heavy (non-hydrogen) atoms. The van der Waals surface area contributed by atoms with Crippen molar-refractivity contribution in [2.45, 2.75) is 54.4 Å². The minimum Gasteiger partial charge on any atom is -0.506 e. The van der Waals surface area contributed by atoms with Gasteiger partial charge < -0.3 is 10.4 Å². The summed E-state index contributed by atoms with van der Waals surface area (Å²) in [5.41, 5.74) is 4.27. The molecule has 0 radical (unpaired) electrons. The molecule has 122 valence electrons. The molecule has 0 aromatic heterocycles. The number of benzene rings is 1. The molecular weight excluding hydrogens is 272 g/mol. The van der Waals surface area contributed by atoms with E-state index in [9.17, 15) is 5.11 Å². The summed E-state index contributed by atoms with van der Waals surface area (Å²) in [6.45, 7) is 16.0. The molecule has 0 aliphatic carbocycles. The Bertz CT molecular complexity index is 540. The van der Waals surface area contributed by atoms with Crippen molar-refractivity contribution in [1.29, 1.82) is 0 Å². The van der Waals surface area contributed by atoms with Crippen molar-refractivity contribution in [2.24, 2.45) is 4.99 Å². The molecule has 0 aliphatic rings. The van der Waals surface area contributed by atoms with Crippen LogP contribution in [0.2, 0.25) is 0 Å². The summed E-state index contributed by atoms with van der Waals surface area (Å²) in [7, 11) is 0. The molecule has 3 heteroatoms. The number of anilines is 1. The Morgan fingerprint density at radius 1 is 1.27 bits per heavy atom. The second kappa shape index (κ2) is 10.7. The van der Waals surface area contributed by atoms with Gasteiger partial charge in [0.05, 0.1) is 5.69 Å². The molecule has 0 saturated heterocycles. The van der Waals surface area contributed by atoms with E-state index in [-0.39, 0.29) is 5.75 Å². The van der Waals surface area contributed by atoms with Gasteiger partial charge in [0.15, 0.2) is 0 Å². The van der Waals surface area contributed by atoms with Crippen LogP contribution < -0.4 is 5.32 Å². The van der Waals surface area contributed by atoms with Crippen LogP contribution in [0, 0.1) is 6.92 Å². The van der Waals surface area contributed by atoms with Crippen molar-refractivity contribution < 1.29 is 5.11 Å². The third kappa shape index (κ3) is 7.11. The number of rotatable bonds is 5. The van der Waals surface area contributed by atoms with Crippen molar-refractivity contribution in [3.63, 3.8) is 0 Å². The molecule has 1 rings (SSSR count). The van der Waals surface area contributed by atoms with Crippen LogP contribution >= 0.6 is 0 Å². The van der Waals surface area contributed by atoms with Gasteiger partial charge in [0, 0.05) is 17.6 Å². The van der Waals surface area contributed by atoms with E-state index in [1.54, 1.807) is 12.3 Å². The van der Waals surface area contributed by atoms with Gasteiger partial charge in [0.2, 0.25) is 0 Å². The lowest BCUT2D eigenvalue weighted by molar-refractivity contribution is 0.477. The predicted octanol–water partition coefficient (Wildman–Crippen LogP) is 5.82. The second-order valence-electron chi connectivity index (χ2n) is 5.22. The molecule has 0 atom stereocenters. The Morgan fingerprint density at radius 3 is 2.32 bits per heavy atom. The van der Waals surface area contributed by atoms with Gasteiger partial charge in [-0.05, 0) is 51.0 Å². The first-order chi connectivity index (χ1) is 10.4. The van der Waals surface area contributed by atoms with Crippen molar-refractivity contribution in [3.05, 3.63) is 47.3 Å². The Hall–Kier alpha value is -2.03. The van der Waals surface area contributed by atoms with Gasteiger partial charge in [-0.2, -0.15) is 0 Å². The maximum absolute atomic E-state index is 9.81. The highest BCUT2D eigenvalue weighted by Gasteiger charge is 2.05. The molecule has 0 spiro atoms. The SMILES string of the molecule is C=C(Nc1ccc(C)cc1O)/C(C)=C(/C)N=CC.CCCC. The van der Waals surface area contributed by atoms with Crippen molar-refractivity contribution in [3.8, 4) is 5.75 Å². The van der Waals surface area contributed by atoms with E-state index >= 15 is 0 Å². The highest BCUT2D eigenvalue weighted by molar-refractivity contribution is 5.62.